The van der Waals surface area contributed by atoms with Crippen LogP contribution in [-0.2, 0) is 13.1 Å². The predicted molar refractivity (Wildman–Crippen MR) is 141 cm³/mol. The molecule has 37 heavy (non-hydrogen) atoms. The Labute approximate surface area is 221 Å². The summed E-state index contributed by atoms with van der Waals surface area (Å²) in [4.78, 5) is 9.37. The fourth-order valence-corrected chi connectivity index (χ4v) is 6.65. The first-order valence-corrected chi connectivity index (χ1v) is 14.1. The van der Waals surface area contributed by atoms with Crippen LogP contribution in [0.3, 0.4) is 0 Å². The van der Waals surface area contributed by atoms with Crippen molar-refractivity contribution in [3.8, 4) is 5.75 Å². The molecule has 5 rings (SSSR count). The number of aromatic nitrogens is 1. The molecule has 3 unspecified atom stereocenters. The Hall–Kier alpha value is -2.52. The number of anilines is 1. The van der Waals surface area contributed by atoms with Crippen LogP contribution >= 0.6 is 11.3 Å². The number of para-hydroxylation sites is 1. The number of thiazole rings is 1. The molecule has 1 aromatic carbocycles. The van der Waals surface area contributed by atoms with Gasteiger partial charge in [-0.05, 0) is 37.4 Å². The van der Waals surface area contributed by atoms with Crippen LogP contribution in [0.2, 0.25) is 0 Å². The minimum Gasteiger partial charge on any atom is -0.405 e. The molecule has 1 saturated carbocycles. The van der Waals surface area contributed by atoms with Gasteiger partial charge in [-0.2, -0.15) is 0 Å². The van der Waals surface area contributed by atoms with E-state index in [1.807, 2.05) is 0 Å². The van der Waals surface area contributed by atoms with E-state index in [0.29, 0.717) is 42.6 Å². The van der Waals surface area contributed by atoms with Crippen LogP contribution in [0.4, 0.5) is 18.3 Å². The number of halogens is 3. The zero-order valence-corrected chi connectivity index (χ0v) is 22.0. The summed E-state index contributed by atoms with van der Waals surface area (Å²) in [5.74, 6) is 0.840. The predicted octanol–water partition coefficient (Wildman–Crippen LogP) is 6.81. The molecule has 2 aromatic rings. The van der Waals surface area contributed by atoms with Crippen molar-refractivity contribution in [3.63, 3.8) is 0 Å². The van der Waals surface area contributed by atoms with Crippen LogP contribution in [0, 0.1) is 11.8 Å². The third-order valence-corrected chi connectivity index (χ3v) is 8.50. The van der Waals surface area contributed by atoms with E-state index in [1.54, 1.807) is 29.5 Å². The normalized spacial score (nSPS) is 24.0. The summed E-state index contributed by atoms with van der Waals surface area (Å²) in [6.45, 7) is 1.82. The van der Waals surface area contributed by atoms with Crippen LogP contribution in [0.1, 0.15) is 49.8 Å². The lowest BCUT2D eigenvalue weighted by molar-refractivity contribution is -0.275. The van der Waals surface area contributed by atoms with Crippen LogP contribution < -0.4 is 10.1 Å². The number of fused-ring (bicyclic) bond motifs is 1. The Morgan fingerprint density at radius 3 is 2.76 bits per heavy atom. The average molecular weight is 533 g/mol. The van der Waals surface area contributed by atoms with E-state index < -0.39 is 6.36 Å². The lowest BCUT2D eigenvalue weighted by atomic mass is 9.86. The Morgan fingerprint density at radius 2 is 1.95 bits per heavy atom. The zero-order valence-electron chi connectivity index (χ0n) is 21.2. The van der Waals surface area contributed by atoms with Crippen molar-refractivity contribution in [3.05, 3.63) is 65.3 Å². The quantitative estimate of drug-likeness (QED) is 0.360. The second-order valence-electron chi connectivity index (χ2n) is 10.5. The summed E-state index contributed by atoms with van der Waals surface area (Å²) >= 11 is 1.60. The highest BCUT2D eigenvalue weighted by Crippen LogP contribution is 2.33. The minimum atomic E-state index is -4.71. The molecule has 1 N–H and O–H groups in total. The van der Waals surface area contributed by atoms with E-state index >= 15 is 0 Å². The van der Waals surface area contributed by atoms with Gasteiger partial charge >= 0.3 is 6.36 Å². The first-order valence-electron chi connectivity index (χ1n) is 13.2. The molecule has 200 valence electrons. The van der Waals surface area contributed by atoms with Gasteiger partial charge in [0.05, 0.1) is 11.7 Å². The molecule has 0 bridgehead atoms. The minimum absolute atomic E-state index is 0.126. The maximum Gasteiger partial charge on any atom is 0.573 e. The Morgan fingerprint density at radius 1 is 1.14 bits per heavy atom. The third-order valence-electron chi connectivity index (χ3n) is 7.68. The standard InChI is InChI=1S/C28H35F3N4OS/c1-34-15-14-23-24(11-7-12-25(23)34)33-27-32-22(19-37-27)18-35(16-20-8-3-2-4-9-20)17-21-10-5-6-13-26(21)36-28(29,30)31/h5-7,10,12-15,19-20,23-25H,2-4,8-9,11,16-18H2,1H3,(H,32,33). The van der Waals surface area contributed by atoms with Crippen LogP contribution in [0.25, 0.3) is 0 Å². The smallest absolute Gasteiger partial charge is 0.405 e. The van der Waals surface area contributed by atoms with Crippen molar-refractivity contribution in [2.75, 3.05) is 18.9 Å². The summed E-state index contributed by atoms with van der Waals surface area (Å²) < 4.78 is 43.4. The molecule has 3 atom stereocenters. The van der Waals surface area contributed by atoms with E-state index in [9.17, 15) is 13.2 Å². The number of nitrogens with one attached hydrogen (secondary N) is 1. The summed E-state index contributed by atoms with van der Waals surface area (Å²) in [7, 11) is 2.11. The maximum atomic E-state index is 13.0. The fourth-order valence-electron chi connectivity index (χ4n) is 5.89. The first kappa shape index (κ1) is 26.1. The van der Waals surface area contributed by atoms with Gasteiger partial charge in [0, 0.05) is 49.6 Å². The molecule has 5 nitrogen and oxygen atoms in total. The lowest BCUT2D eigenvalue weighted by Gasteiger charge is -2.33. The van der Waals surface area contributed by atoms with Gasteiger partial charge in [0.15, 0.2) is 5.13 Å². The van der Waals surface area contributed by atoms with Crippen molar-refractivity contribution in [2.24, 2.45) is 11.8 Å². The van der Waals surface area contributed by atoms with Gasteiger partial charge in [-0.3, -0.25) is 4.90 Å². The van der Waals surface area contributed by atoms with Gasteiger partial charge in [0.1, 0.15) is 5.75 Å². The molecule has 3 aliphatic rings. The first-order chi connectivity index (χ1) is 17.8. The van der Waals surface area contributed by atoms with E-state index in [1.165, 1.54) is 38.2 Å². The number of likely N-dealkylation sites (N-methyl/N-ethyl adjacent to an activating group) is 1. The lowest BCUT2D eigenvalue weighted by Crippen LogP contribution is -2.40. The van der Waals surface area contributed by atoms with Gasteiger partial charge in [-0.1, -0.05) is 55.7 Å². The zero-order chi connectivity index (χ0) is 25.8. The fraction of sp³-hybridized carbons (Fsp3) is 0.536. The van der Waals surface area contributed by atoms with Gasteiger partial charge in [-0.25, -0.2) is 4.98 Å². The van der Waals surface area contributed by atoms with Gasteiger partial charge < -0.3 is 15.0 Å². The van der Waals surface area contributed by atoms with Crippen molar-refractivity contribution in [2.45, 2.75) is 70.1 Å². The largest absolute Gasteiger partial charge is 0.573 e. The Bertz CT molecular complexity index is 1100. The van der Waals surface area contributed by atoms with Gasteiger partial charge in [-0.15, -0.1) is 24.5 Å². The maximum absolute atomic E-state index is 13.0. The number of ether oxygens (including phenoxy) is 1. The highest BCUT2D eigenvalue weighted by molar-refractivity contribution is 7.13. The van der Waals surface area contributed by atoms with Crippen molar-refractivity contribution in [1.82, 2.24) is 14.8 Å². The molecular formula is C28H35F3N4OS. The molecule has 2 heterocycles. The molecular weight excluding hydrogens is 497 g/mol. The molecule has 0 saturated heterocycles. The highest BCUT2D eigenvalue weighted by atomic mass is 32.1. The third kappa shape index (κ3) is 6.87. The van der Waals surface area contributed by atoms with E-state index in [-0.39, 0.29) is 5.75 Å². The van der Waals surface area contributed by atoms with Crippen LogP contribution in [0.15, 0.2) is 54.1 Å². The number of rotatable bonds is 9. The van der Waals surface area contributed by atoms with E-state index in [4.69, 9.17) is 4.98 Å². The average Bonchev–Trinajstić information content (AvgIpc) is 3.47. The number of hydrogen-bond acceptors (Lipinski definition) is 6. The Balaban J connectivity index is 1.28. The van der Waals surface area contributed by atoms with Crippen molar-refractivity contribution in [1.29, 1.82) is 0 Å². The van der Waals surface area contributed by atoms with Crippen LogP contribution in [0.5, 0.6) is 5.75 Å². The van der Waals surface area contributed by atoms with Crippen LogP contribution in [-0.4, -0.2) is 46.8 Å². The number of alkyl halides is 3. The molecule has 2 aliphatic carbocycles. The van der Waals surface area contributed by atoms with E-state index in [0.717, 1.165) is 23.8 Å². The number of nitrogens with zero attached hydrogens (tertiary/aromatic N) is 3. The topological polar surface area (TPSA) is 40.6 Å². The second-order valence-corrected chi connectivity index (χ2v) is 11.3. The molecule has 1 fully saturated rings. The van der Waals surface area contributed by atoms with Gasteiger partial charge in [0.25, 0.3) is 0 Å². The summed E-state index contributed by atoms with van der Waals surface area (Å²) in [6, 6.07) is 7.14. The monoisotopic (exact) mass is 532 g/mol. The summed E-state index contributed by atoms with van der Waals surface area (Å²) in [6.07, 6.45) is 11.2. The molecule has 0 radical (unpaired) electrons. The molecule has 0 amide bonds. The van der Waals surface area contributed by atoms with E-state index in [2.05, 4.69) is 56.7 Å². The number of hydrogen-bond donors (Lipinski definition) is 1. The second kappa shape index (κ2) is 11.5. The molecule has 1 aliphatic heterocycles. The Kier molecular flexibility index (Phi) is 8.09. The van der Waals surface area contributed by atoms with Crippen molar-refractivity contribution < 1.29 is 17.9 Å². The number of benzene rings is 1. The molecule has 0 spiro atoms. The summed E-state index contributed by atoms with van der Waals surface area (Å²) in [5, 5.41) is 6.62. The molecule has 9 heteroatoms. The summed E-state index contributed by atoms with van der Waals surface area (Å²) in [5.41, 5.74) is 1.49. The molecule has 1 aromatic heterocycles. The van der Waals surface area contributed by atoms with Crippen molar-refractivity contribution >= 4 is 16.5 Å². The highest BCUT2D eigenvalue weighted by Gasteiger charge is 2.34. The SMILES string of the molecule is CN1C=CC2C(Nc3nc(CN(Cc4ccccc4OC(F)(F)F)CC4CCCCC4)cs3)CC=CC21. The van der Waals surface area contributed by atoms with Gasteiger partial charge in [0.2, 0.25) is 0 Å².